The average Bonchev–Trinajstić information content (AvgIpc) is 2.54. The molecule has 0 spiro atoms. The molecule has 0 aliphatic carbocycles. The van der Waals surface area contributed by atoms with Crippen LogP contribution in [0.5, 0.6) is 17.2 Å². The predicted molar refractivity (Wildman–Crippen MR) is 80.9 cm³/mol. The van der Waals surface area contributed by atoms with Crippen molar-refractivity contribution in [2.45, 2.75) is 18.6 Å². The number of benzene rings is 2. The minimum atomic E-state index is -0.0743. The number of rotatable bonds is 3. The van der Waals surface area contributed by atoms with Gasteiger partial charge in [0.15, 0.2) is 0 Å². The maximum Gasteiger partial charge on any atom is 0.128 e. The van der Waals surface area contributed by atoms with Gasteiger partial charge in [0.25, 0.3) is 0 Å². The van der Waals surface area contributed by atoms with Crippen molar-refractivity contribution in [1.29, 1.82) is 0 Å². The highest BCUT2D eigenvalue weighted by molar-refractivity contribution is 5.45. The molecule has 2 atom stereocenters. The number of ether oxygens (including phenoxy) is 3. The Bertz CT molecular complexity index is 642. The monoisotopic (exact) mass is 285 g/mol. The summed E-state index contributed by atoms with van der Waals surface area (Å²) in [5.74, 6) is 2.38. The van der Waals surface area contributed by atoms with E-state index in [1.807, 2.05) is 42.5 Å². The Morgan fingerprint density at radius 1 is 1.05 bits per heavy atom. The first-order chi connectivity index (χ1) is 10.2. The summed E-state index contributed by atoms with van der Waals surface area (Å²) in [6.45, 7) is 0. The van der Waals surface area contributed by atoms with Crippen molar-refractivity contribution in [2.24, 2.45) is 5.73 Å². The van der Waals surface area contributed by atoms with E-state index < -0.39 is 0 Å². The summed E-state index contributed by atoms with van der Waals surface area (Å²) in [7, 11) is 3.30. The molecule has 1 aliphatic rings. The normalized spacial score (nSPS) is 20.3. The summed E-state index contributed by atoms with van der Waals surface area (Å²) >= 11 is 0. The molecule has 0 fully saturated rings. The van der Waals surface area contributed by atoms with Crippen LogP contribution in [0.15, 0.2) is 42.5 Å². The van der Waals surface area contributed by atoms with Crippen molar-refractivity contribution in [3.63, 3.8) is 0 Å². The van der Waals surface area contributed by atoms with Gasteiger partial charge in [-0.2, -0.15) is 0 Å². The number of hydrogen-bond acceptors (Lipinski definition) is 4. The summed E-state index contributed by atoms with van der Waals surface area (Å²) in [5, 5.41) is 0. The Morgan fingerprint density at radius 3 is 2.57 bits per heavy atom. The van der Waals surface area contributed by atoms with Gasteiger partial charge >= 0.3 is 0 Å². The van der Waals surface area contributed by atoms with Crippen LogP contribution in [-0.4, -0.2) is 14.2 Å². The van der Waals surface area contributed by atoms with Crippen LogP contribution in [0, 0.1) is 0 Å². The van der Waals surface area contributed by atoms with Gasteiger partial charge in [0.1, 0.15) is 23.4 Å². The van der Waals surface area contributed by atoms with Crippen LogP contribution in [0.25, 0.3) is 0 Å². The van der Waals surface area contributed by atoms with E-state index in [0.717, 1.165) is 34.8 Å². The molecule has 1 unspecified atom stereocenters. The van der Waals surface area contributed by atoms with E-state index in [2.05, 4.69) is 0 Å². The molecule has 4 nitrogen and oxygen atoms in total. The molecule has 4 heteroatoms. The number of hydrogen-bond donors (Lipinski definition) is 1. The summed E-state index contributed by atoms with van der Waals surface area (Å²) in [4.78, 5) is 0. The standard InChI is InChI=1S/C17H19NO3/c1-19-12-5-3-4-11(8-12)16-10-15(18)14-7-6-13(20-2)9-17(14)21-16/h3-9,15-16H,10,18H2,1-2H3/t15-,16?/m1/s1. The number of fused-ring (bicyclic) bond motifs is 1. The molecular weight excluding hydrogens is 266 g/mol. The largest absolute Gasteiger partial charge is 0.497 e. The molecule has 0 amide bonds. The van der Waals surface area contributed by atoms with Crippen molar-refractivity contribution < 1.29 is 14.2 Å². The summed E-state index contributed by atoms with van der Waals surface area (Å²) < 4.78 is 16.6. The van der Waals surface area contributed by atoms with E-state index in [-0.39, 0.29) is 12.1 Å². The fourth-order valence-electron chi connectivity index (χ4n) is 2.65. The summed E-state index contributed by atoms with van der Waals surface area (Å²) in [5.41, 5.74) is 8.38. The molecule has 0 aromatic heterocycles. The van der Waals surface area contributed by atoms with Gasteiger partial charge in [-0.25, -0.2) is 0 Å². The molecule has 1 aliphatic heterocycles. The molecule has 2 N–H and O–H groups in total. The number of methoxy groups -OCH3 is 2. The first kappa shape index (κ1) is 13.8. The van der Waals surface area contributed by atoms with Crippen LogP contribution in [-0.2, 0) is 0 Å². The third-order valence-electron chi connectivity index (χ3n) is 3.82. The van der Waals surface area contributed by atoms with E-state index in [1.165, 1.54) is 0 Å². The van der Waals surface area contributed by atoms with Gasteiger partial charge in [-0.3, -0.25) is 0 Å². The third kappa shape index (κ3) is 2.67. The smallest absolute Gasteiger partial charge is 0.128 e. The first-order valence-electron chi connectivity index (χ1n) is 6.95. The number of nitrogens with two attached hydrogens (primary N) is 1. The third-order valence-corrected chi connectivity index (χ3v) is 3.82. The highest BCUT2D eigenvalue weighted by Crippen LogP contribution is 2.41. The van der Waals surface area contributed by atoms with Crippen LogP contribution in [0.4, 0.5) is 0 Å². The Morgan fingerprint density at radius 2 is 1.81 bits per heavy atom. The van der Waals surface area contributed by atoms with Gasteiger partial charge < -0.3 is 19.9 Å². The van der Waals surface area contributed by atoms with Crippen molar-refractivity contribution in [2.75, 3.05) is 14.2 Å². The van der Waals surface area contributed by atoms with Gasteiger partial charge in [-0.15, -0.1) is 0 Å². The second kappa shape index (κ2) is 5.66. The average molecular weight is 285 g/mol. The molecule has 2 aromatic rings. The van der Waals surface area contributed by atoms with E-state index in [1.54, 1.807) is 14.2 Å². The van der Waals surface area contributed by atoms with Crippen LogP contribution >= 0.6 is 0 Å². The van der Waals surface area contributed by atoms with Crippen LogP contribution < -0.4 is 19.9 Å². The lowest BCUT2D eigenvalue weighted by atomic mass is 9.93. The molecular formula is C17H19NO3. The van der Waals surface area contributed by atoms with Crippen molar-refractivity contribution in [3.05, 3.63) is 53.6 Å². The lowest BCUT2D eigenvalue weighted by molar-refractivity contribution is 0.160. The molecule has 1 heterocycles. The topological polar surface area (TPSA) is 53.7 Å². The minimum Gasteiger partial charge on any atom is -0.497 e. The Labute approximate surface area is 124 Å². The van der Waals surface area contributed by atoms with Crippen molar-refractivity contribution >= 4 is 0 Å². The van der Waals surface area contributed by atoms with Crippen LogP contribution in [0.1, 0.15) is 29.7 Å². The van der Waals surface area contributed by atoms with E-state index in [0.29, 0.717) is 0 Å². The molecule has 0 radical (unpaired) electrons. The van der Waals surface area contributed by atoms with Gasteiger partial charge in [0.2, 0.25) is 0 Å². The second-order valence-corrected chi connectivity index (χ2v) is 5.13. The highest BCUT2D eigenvalue weighted by atomic mass is 16.5. The van der Waals surface area contributed by atoms with Gasteiger partial charge in [0.05, 0.1) is 14.2 Å². The minimum absolute atomic E-state index is 0.0455. The Balaban J connectivity index is 1.92. The van der Waals surface area contributed by atoms with E-state index >= 15 is 0 Å². The molecule has 21 heavy (non-hydrogen) atoms. The predicted octanol–water partition coefficient (Wildman–Crippen LogP) is 3.23. The van der Waals surface area contributed by atoms with Gasteiger partial charge in [-0.05, 0) is 23.8 Å². The van der Waals surface area contributed by atoms with E-state index in [4.69, 9.17) is 19.9 Å². The Kier molecular flexibility index (Phi) is 3.71. The zero-order valence-corrected chi connectivity index (χ0v) is 12.2. The quantitative estimate of drug-likeness (QED) is 0.940. The zero-order chi connectivity index (χ0) is 14.8. The molecule has 0 bridgehead atoms. The lowest BCUT2D eigenvalue weighted by Gasteiger charge is -2.31. The maximum atomic E-state index is 6.28. The molecule has 2 aromatic carbocycles. The second-order valence-electron chi connectivity index (χ2n) is 5.13. The molecule has 110 valence electrons. The van der Waals surface area contributed by atoms with Gasteiger partial charge in [-0.1, -0.05) is 18.2 Å². The maximum absolute atomic E-state index is 6.28. The SMILES string of the molecule is COc1cccc(C2C[C@@H](N)c3ccc(OC)cc3O2)c1. The van der Waals surface area contributed by atoms with Crippen LogP contribution in [0.2, 0.25) is 0 Å². The van der Waals surface area contributed by atoms with Crippen molar-refractivity contribution in [1.82, 2.24) is 0 Å². The van der Waals surface area contributed by atoms with Gasteiger partial charge in [0, 0.05) is 24.1 Å². The lowest BCUT2D eigenvalue weighted by Crippen LogP contribution is -2.24. The van der Waals surface area contributed by atoms with Crippen molar-refractivity contribution in [3.8, 4) is 17.2 Å². The first-order valence-corrected chi connectivity index (χ1v) is 6.95. The molecule has 0 saturated carbocycles. The zero-order valence-electron chi connectivity index (χ0n) is 12.2. The fraction of sp³-hybridized carbons (Fsp3) is 0.294. The summed E-state index contributed by atoms with van der Waals surface area (Å²) in [6.07, 6.45) is 0.668. The van der Waals surface area contributed by atoms with Crippen LogP contribution in [0.3, 0.4) is 0 Å². The summed E-state index contributed by atoms with van der Waals surface area (Å²) in [6, 6.07) is 13.6. The Hall–Kier alpha value is -2.20. The highest BCUT2D eigenvalue weighted by Gasteiger charge is 2.27. The van der Waals surface area contributed by atoms with E-state index in [9.17, 15) is 0 Å². The fourth-order valence-corrected chi connectivity index (χ4v) is 2.65. The molecule has 3 rings (SSSR count). The molecule has 0 saturated heterocycles.